The van der Waals surface area contributed by atoms with Crippen LogP contribution >= 0.6 is 0 Å². The lowest BCUT2D eigenvalue weighted by atomic mass is 9.69. The molecule has 1 saturated heterocycles. The smallest absolute Gasteiger partial charge is 0.123 e. The van der Waals surface area contributed by atoms with Crippen LogP contribution in [0.1, 0.15) is 53.4 Å². The molecular weight excluding hydrogens is 382 g/mol. The summed E-state index contributed by atoms with van der Waals surface area (Å²) >= 11 is 0. The molecule has 2 aliphatic rings. The summed E-state index contributed by atoms with van der Waals surface area (Å²) in [5, 5.41) is 10.1. The number of aromatic hydroxyl groups is 1. The van der Waals surface area contributed by atoms with Gasteiger partial charge in [-0.15, -0.1) is 0 Å². The van der Waals surface area contributed by atoms with Crippen molar-refractivity contribution in [3.05, 3.63) is 95.1 Å². The molecule has 1 N–H and O–H groups in total. The Morgan fingerprint density at radius 3 is 2.48 bits per heavy atom. The number of likely N-dealkylation sites (tertiary alicyclic amines) is 1. The van der Waals surface area contributed by atoms with E-state index < -0.39 is 0 Å². The van der Waals surface area contributed by atoms with Crippen molar-refractivity contribution in [2.24, 2.45) is 0 Å². The third kappa shape index (κ3) is 4.33. The summed E-state index contributed by atoms with van der Waals surface area (Å²) in [4.78, 5) is 2.49. The molecular formula is C28H31NO2. The van der Waals surface area contributed by atoms with Crippen LogP contribution in [0.5, 0.6) is 11.5 Å². The van der Waals surface area contributed by atoms with Gasteiger partial charge in [0.25, 0.3) is 0 Å². The standard InChI is InChI=1S/C28H31NO2/c30-23-13-15-25-22(20-23)12-14-24(21-8-2-1-3-9-21)28(25)26-10-4-5-11-27(26)31-19-18-29-16-6-7-17-29/h1-5,8-11,13,15,20,24,28,30H,6-7,12,14,16-19H2/t24-,28+/m0/s1. The average molecular weight is 414 g/mol. The van der Waals surface area contributed by atoms with Crippen LogP contribution < -0.4 is 4.74 Å². The molecule has 1 aliphatic heterocycles. The van der Waals surface area contributed by atoms with Crippen LogP contribution in [0, 0.1) is 0 Å². The molecule has 5 rings (SSSR count). The van der Waals surface area contributed by atoms with E-state index in [4.69, 9.17) is 4.74 Å². The Bertz CT molecular complexity index is 1010. The summed E-state index contributed by atoms with van der Waals surface area (Å²) in [6.45, 7) is 4.11. The number of rotatable bonds is 6. The maximum Gasteiger partial charge on any atom is 0.123 e. The van der Waals surface area contributed by atoms with Gasteiger partial charge in [-0.25, -0.2) is 0 Å². The Morgan fingerprint density at radius 1 is 0.871 bits per heavy atom. The molecule has 0 aromatic heterocycles. The number of fused-ring (bicyclic) bond motifs is 1. The number of phenols is 1. The quantitative estimate of drug-likeness (QED) is 0.560. The molecule has 0 radical (unpaired) electrons. The van der Waals surface area contributed by atoms with E-state index in [2.05, 4.69) is 65.6 Å². The second-order valence-corrected chi connectivity index (χ2v) is 8.85. The van der Waals surface area contributed by atoms with E-state index in [1.165, 1.54) is 48.2 Å². The van der Waals surface area contributed by atoms with Gasteiger partial charge >= 0.3 is 0 Å². The Hall–Kier alpha value is -2.78. The second kappa shape index (κ2) is 9.15. The van der Waals surface area contributed by atoms with Crippen molar-refractivity contribution >= 4 is 0 Å². The minimum atomic E-state index is 0.217. The first-order valence-electron chi connectivity index (χ1n) is 11.6. The number of ether oxygens (including phenoxy) is 1. The predicted octanol–water partition coefficient (Wildman–Crippen LogP) is 5.73. The molecule has 160 valence electrons. The molecule has 1 heterocycles. The average Bonchev–Trinajstić information content (AvgIpc) is 3.33. The molecule has 0 amide bonds. The number of phenolic OH excluding ortho intramolecular Hbond substituents is 1. The van der Waals surface area contributed by atoms with Gasteiger partial charge in [0.05, 0.1) is 0 Å². The van der Waals surface area contributed by atoms with Gasteiger partial charge in [0.2, 0.25) is 0 Å². The normalized spacial score (nSPS) is 21.0. The molecule has 0 saturated carbocycles. The van der Waals surface area contributed by atoms with E-state index in [1.54, 1.807) is 0 Å². The van der Waals surface area contributed by atoms with Crippen molar-refractivity contribution in [1.29, 1.82) is 0 Å². The van der Waals surface area contributed by atoms with Crippen LogP contribution in [0.2, 0.25) is 0 Å². The number of hydrogen-bond acceptors (Lipinski definition) is 3. The molecule has 3 aromatic rings. The molecule has 31 heavy (non-hydrogen) atoms. The van der Waals surface area contributed by atoms with Gasteiger partial charge in [0.1, 0.15) is 18.1 Å². The Balaban J connectivity index is 1.49. The van der Waals surface area contributed by atoms with Crippen molar-refractivity contribution in [2.45, 2.75) is 37.5 Å². The number of aryl methyl sites for hydroxylation is 1. The van der Waals surface area contributed by atoms with Crippen LogP contribution in [0.3, 0.4) is 0 Å². The molecule has 2 atom stereocenters. The molecule has 0 bridgehead atoms. The highest BCUT2D eigenvalue weighted by Crippen LogP contribution is 2.49. The van der Waals surface area contributed by atoms with E-state index in [1.807, 2.05) is 12.1 Å². The summed E-state index contributed by atoms with van der Waals surface area (Å²) in [6, 6.07) is 25.3. The lowest BCUT2D eigenvalue weighted by Gasteiger charge is -2.35. The van der Waals surface area contributed by atoms with E-state index in [9.17, 15) is 5.11 Å². The number of hydrogen-bond donors (Lipinski definition) is 1. The maximum atomic E-state index is 10.1. The highest BCUT2D eigenvalue weighted by atomic mass is 16.5. The van der Waals surface area contributed by atoms with Gasteiger partial charge < -0.3 is 9.84 Å². The lowest BCUT2D eigenvalue weighted by Crippen LogP contribution is -2.26. The molecule has 3 heteroatoms. The van der Waals surface area contributed by atoms with E-state index in [-0.39, 0.29) is 5.92 Å². The molecule has 3 aromatic carbocycles. The first kappa shape index (κ1) is 20.1. The van der Waals surface area contributed by atoms with E-state index in [0.717, 1.165) is 31.7 Å². The number of para-hydroxylation sites is 1. The fourth-order valence-corrected chi connectivity index (χ4v) is 5.41. The minimum Gasteiger partial charge on any atom is -0.508 e. The highest BCUT2D eigenvalue weighted by Gasteiger charge is 2.33. The third-order valence-corrected chi connectivity index (χ3v) is 6.93. The molecule has 3 nitrogen and oxygen atoms in total. The maximum absolute atomic E-state index is 10.1. The molecule has 0 unspecified atom stereocenters. The summed E-state index contributed by atoms with van der Waals surface area (Å²) < 4.78 is 6.38. The fourth-order valence-electron chi connectivity index (χ4n) is 5.41. The summed E-state index contributed by atoms with van der Waals surface area (Å²) in [5.74, 6) is 1.95. The van der Waals surface area contributed by atoms with Crippen LogP contribution in [0.25, 0.3) is 0 Å². The zero-order valence-corrected chi connectivity index (χ0v) is 18.0. The zero-order valence-electron chi connectivity index (χ0n) is 18.0. The molecule has 0 spiro atoms. The summed E-state index contributed by atoms with van der Waals surface area (Å²) in [7, 11) is 0. The van der Waals surface area contributed by atoms with Crippen molar-refractivity contribution < 1.29 is 9.84 Å². The summed E-state index contributed by atoms with van der Waals surface area (Å²) in [6.07, 6.45) is 4.66. The SMILES string of the molecule is Oc1ccc2c(c1)CC[C@@H](c1ccccc1)[C@H]2c1ccccc1OCCN1CCCC1. The van der Waals surface area contributed by atoms with E-state index in [0.29, 0.717) is 11.7 Å². The Morgan fingerprint density at radius 2 is 1.65 bits per heavy atom. The first-order chi connectivity index (χ1) is 15.3. The highest BCUT2D eigenvalue weighted by molar-refractivity contribution is 5.51. The number of nitrogens with zero attached hydrogens (tertiary/aromatic N) is 1. The summed E-state index contributed by atoms with van der Waals surface area (Å²) in [5.41, 5.74) is 5.19. The van der Waals surface area contributed by atoms with Gasteiger partial charge in [-0.05, 0) is 79.6 Å². The van der Waals surface area contributed by atoms with Crippen molar-refractivity contribution in [3.63, 3.8) is 0 Å². The number of benzene rings is 3. The van der Waals surface area contributed by atoms with Gasteiger partial charge in [0.15, 0.2) is 0 Å². The fraction of sp³-hybridized carbons (Fsp3) is 0.357. The van der Waals surface area contributed by atoms with Gasteiger partial charge in [-0.2, -0.15) is 0 Å². The predicted molar refractivity (Wildman–Crippen MR) is 125 cm³/mol. The largest absolute Gasteiger partial charge is 0.508 e. The molecule has 1 fully saturated rings. The van der Waals surface area contributed by atoms with Crippen molar-refractivity contribution in [1.82, 2.24) is 4.90 Å². The van der Waals surface area contributed by atoms with Gasteiger partial charge in [0, 0.05) is 18.0 Å². The van der Waals surface area contributed by atoms with E-state index >= 15 is 0 Å². The minimum absolute atomic E-state index is 0.217. The first-order valence-corrected chi connectivity index (χ1v) is 11.6. The van der Waals surface area contributed by atoms with Crippen molar-refractivity contribution in [2.75, 3.05) is 26.2 Å². The van der Waals surface area contributed by atoms with Crippen LogP contribution in [-0.4, -0.2) is 36.2 Å². The Labute approximate surface area is 185 Å². The lowest BCUT2D eigenvalue weighted by molar-refractivity contribution is 0.235. The van der Waals surface area contributed by atoms with Crippen molar-refractivity contribution in [3.8, 4) is 11.5 Å². The van der Waals surface area contributed by atoms with Gasteiger partial charge in [-0.3, -0.25) is 4.90 Å². The zero-order chi connectivity index (χ0) is 21.0. The van der Waals surface area contributed by atoms with Crippen LogP contribution in [0.4, 0.5) is 0 Å². The topological polar surface area (TPSA) is 32.7 Å². The monoisotopic (exact) mass is 413 g/mol. The third-order valence-electron chi connectivity index (χ3n) is 6.93. The van der Waals surface area contributed by atoms with Gasteiger partial charge in [-0.1, -0.05) is 54.6 Å². The van der Waals surface area contributed by atoms with Crippen LogP contribution in [0.15, 0.2) is 72.8 Å². The van der Waals surface area contributed by atoms with Crippen LogP contribution in [-0.2, 0) is 6.42 Å². The molecule has 1 aliphatic carbocycles. The second-order valence-electron chi connectivity index (χ2n) is 8.85. The Kier molecular flexibility index (Phi) is 5.95.